The first-order chi connectivity index (χ1) is 22.0. The van der Waals surface area contributed by atoms with E-state index >= 15 is 8.78 Å². The standard InChI is InChI=1S/C30H35ClF2N10O2S/c1-40-14-16-42(17-15-40)19-8-12-43(13-9-19)24-7-6-21(25(32)26(24)33)38-30-36-18-20(31)29(39-30)37-23-5-4-22-27(35-11-10-34-22)28(23)41(2)46(3,44)45/h4-7,10-11,18-19H,8-9,12-17H2,1-3H3,(H2,36,37,38,39). The molecule has 0 bridgehead atoms. The molecular weight excluding hydrogens is 638 g/mol. The molecule has 0 radical (unpaired) electrons. The average Bonchev–Trinajstić information content (AvgIpc) is 3.04. The summed E-state index contributed by atoms with van der Waals surface area (Å²) in [6.45, 7) is 5.44. The number of nitrogens with zero attached hydrogens (tertiary/aromatic N) is 8. The second-order valence-corrected chi connectivity index (χ2v) is 14.0. The monoisotopic (exact) mass is 672 g/mol. The number of hydrogen-bond acceptors (Lipinski definition) is 11. The van der Waals surface area contributed by atoms with Crippen LogP contribution in [0.15, 0.2) is 42.9 Å². The quantitative estimate of drug-likeness (QED) is 0.276. The zero-order chi connectivity index (χ0) is 32.6. The number of aromatic nitrogens is 4. The Morgan fingerprint density at radius 1 is 0.913 bits per heavy atom. The molecule has 0 aliphatic carbocycles. The smallest absolute Gasteiger partial charge is 0.232 e. The van der Waals surface area contributed by atoms with E-state index in [0.29, 0.717) is 35.9 Å². The minimum atomic E-state index is -3.69. The van der Waals surface area contributed by atoms with E-state index in [2.05, 4.69) is 47.4 Å². The fraction of sp³-hybridized carbons (Fsp3) is 0.400. The lowest BCUT2D eigenvalue weighted by Gasteiger charge is -2.42. The fourth-order valence-electron chi connectivity index (χ4n) is 5.91. The second-order valence-electron chi connectivity index (χ2n) is 11.6. The maximum absolute atomic E-state index is 15.4. The Hall–Kier alpha value is -3.92. The van der Waals surface area contributed by atoms with Gasteiger partial charge in [0.2, 0.25) is 16.0 Å². The van der Waals surface area contributed by atoms with Gasteiger partial charge in [-0.25, -0.2) is 22.2 Å². The number of anilines is 6. The number of sulfonamides is 1. The number of benzene rings is 2. The summed E-state index contributed by atoms with van der Waals surface area (Å²) in [4.78, 5) is 23.8. The second kappa shape index (κ2) is 13.1. The SMILES string of the molecule is CN1CCN(C2CCN(c3ccc(Nc4ncc(Cl)c(Nc5ccc6nccnc6c5N(C)S(C)(=O)=O)n4)c(F)c3F)CC2)CC1. The summed E-state index contributed by atoms with van der Waals surface area (Å²) < 4.78 is 56.9. The summed E-state index contributed by atoms with van der Waals surface area (Å²) >= 11 is 6.40. The number of fused-ring (bicyclic) bond motifs is 1. The number of hydrogen-bond donors (Lipinski definition) is 2. The normalized spacial score (nSPS) is 17.0. The predicted octanol–water partition coefficient (Wildman–Crippen LogP) is 4.45. The van der Waals surface area contributed by atoms with Gasteiger partial charge in [-0.3, -0.25) is 19.2 Å². The van der Waals surface area contributed by atoms with Crippen LogP contribution in [0.1, 0.15) is 12.8 Å². The van der Waals surface area contributed by atoms with Crippen molar-refractivity contribution in [2.45, 2.75) is 18.9 Å². The van der Waals surface area contributed by atoms with Crippen molar-refractivity contribution in [1.29, 1.82) is 0 Å². The Bertz CT molecular complexity index is 1850. The zero-order valence-corrected chi connectivity index (χ0v) is 27.3. The summed E-state index contributed by atoms with van der Waals surface area (Å²) in [7, 11) is -0.161. The van der Waals surface area contributed by atoms with Gasteiger partial charge in [0.05, 0.1) is 35.0 Å². The Morgan fingerprint density at radius 2 is 1.61 bits per heavy atom. The summed E-state index contributed by atoms with van der Waals surface area (Å²) in [5.74, 6) is -1.94. The van der Waals surface area contributed by atoms with E-state index in [-0.39, 0.29) is 33.9 Å². The molecule has 0 amide bonds. The van der Waals surface area contributed by atoms with Crippen LogP contribution in [0.25, 0.3) is 11.0 Å². The van der Waals surface area contributed by atoms with E-state index in [0.717, 1.165) is 49.6 Å². The summed E-state index contributed by atoms with van der Waals surface area (Å²) in [5.41, 5.74) is 1.46. The Kier molecular flexibility index (Phi) is 9.10. The van der Waals surface area contributed by atoms with Gasteiger partial charge in [0.15, 0.2) is 17.5 Å². The van der Waals surface area contributed by atoms with Gasteiger partial charge in [-0.05, 0) is 44.2 Å². The van der Waals surface area contributed by atoms with Gasteiger partial charge in [0.25, 0.3) is 0 Å². The van der Waals surface area contributed by atoms with Gasteiger partial charge in [0, 0.05) is 64.8 Å². The maximum atomic E-state index is 15.4. The summed E-state index contributed by atoms with van der Waals surface area (Å²) in [6.07, 6.45) is 7.12. The molecule has 2 saturated heterocycles. The molecule has 46 heavy (non-hydrogen) atoms. The lowest BCUT2D eigenvalue weighted by molar-refractivity contribution is 0.0981. The molecule has 0 atom stereocenters. The number of halogens is 3. The molecule has 2 aromatic heterocycles. The lowest BCUT2D eigenvalue weighted by atomic mass is 10.0. The molecule has 4 heterocycles. The number of rotatable bonds is 8. The van der Waals surface area contributed by atoms with Crippen molar-refractivity contribution in [1.82, 2.24) is 29.7 Å². The molecule has 2 fully saturated rings. The van der Waals surface area contributed by atoms with E-state index in [1.807, 2.05) is 4.90 Å². The summed E-state index contributed by atoms with van der Waals surface area (Å²) in [5, 5.41) is 5.90. The van der Waals surface area contributed by atoms with Crippen LogP contribution < -0.4 is 19.8 Å². The average molecular weight is 673 g/mol. The minimum Gasteiger partial charge on any atom is -0.369 e. The molecule has 2 N–H and O–H groups in total. The third-order valence-corrected chi connectivity index (χ3v) is 10.0. The van der Waals surface area contributed by atoms with Gasteiger partial charge in [-0.2, -0.15) is 4.98 Å². The van der Waals surface area contributed by atoms with Crippen LogP contribution in [0.2, 0.25) is 5.02 Å². The van der Waals surface area contributed by atoms with Crippen LogP contribution in [0.3, 0.4) is 0 Å². The van der Waals surface area contributed by atoms with Gasteiger partial charge >= 0.3 is 0 Å². The van der Waals surface area contributed by atoms with Gasteiger partial charge in [-0.1, -0.05) is 11.6 Å². The topological polar surface area (TPSA) is 123 Å². The molecule has 0 unspecified atom stereocenters. The van der Waals surface area contributed by atoms with Crippen molar-refractivity contribution in [2.75, 3.05) is 79.5 Å². The highest BCUT2D eigenvalue weighted by Crippen LogP contribution is 2.37. The fourth-order valence-corrected chi connectivity index (χ4v) is 6.56. The molecule has 244 valence electrons. The largest absolute Gasteiger partial charge is 0.369 e. The predicted molar refractivity (Wildman–Crippen MR) is 177 cm³/mol. The van der Waals surface area contributed by atoms with E-state index in [9.17, 15) is 8.42 Å². The molecular formula is C30H35ClF2N10O2S. The number of nitrogens with one attached hydrogen (secondary N) is 2. The Balaban J connectivity index is 1.20. The molecule has 12 nitrogen and oxygen atoms in total. The molecule has 2 aliphatic rings. The van der Waals surface area contributed by atoms with E-state index in [4.69, 9.17) is 11.6 Å². The van der Waals surface area contributed by atoms with Crippen LogP contribution >= 0.6 is 11.6 Å². The van der Waals surface area contributed by atoms with Crippen molar-refractivity contribution < 1.29 is 17.2 Å². The molecule has 0 saturated carbocycles. The van der Waals surface area contributed by atoms with Gasteiger partial charge in [-0.15, -0.1) is 0 Å². The molecule has 4 aromatic rings. The first-order valence-electron chi connectivity index (χ1n) is 14.9. The van der Waals surface area contributed by atoms with Crippen molar-refractivity contribution in [2.24, 2.45) is 0 Å². The third kappa shape index (κ3) is 6.63. The first kappa shape index (κ1) is 32.0. The van der Waals surface area contributed by atoms with Crippen molar-refractivity contribution in [3.8, 4) is 0 Å². The molecule has 0 spiro atoms. The summed E-state index contributed by atoms with van der Waals surface area (Å²) in [6, 6.07) is 6.78. The van der Waals surface area contributed by atoms with Gasteiger partial charge < -0.3 is 20.4 Å². The Labute approximate surface area is 271 Å². The van der Waals surface area contributed by atoms with Crippen molar-refractivity contribution in [3.05, 3.63) is 59.5 Å². The highest BCUT2D eigenvalue weighted by molar-refractivity contribution is 7.92. The zero-order valence-electron chi connectivity index (χ0n) is 25.7. The minimum absolute atomic E-state index is 0.0514. The lowest BCUT2D eigenvalue weighted by Crippen LogP contribution is -2.52. The van der Waals surface area contributed by atoms with E-state index in [1.165, 1.54) is 31.7 Å². The van der Waals surface area contributed by atoms with Crippen LogP contribution in [0.4, 0.5) is 43.3 Å². The molecule has 16 heteroatoms. The van der Waals surface area contributed by atoms with Crippen molar-refractivity contribution in [3.63, 3.8) is 0 Å². The van der Waals surface area contributed by atoms with E-state index in [1.54, 1.807) is 18.2 Å². The third-order valence-electron chi connectivity index (χ3n) is 8.59. The van der Waals surface area contributed by atoms with Gasteiger partial charge in [0.1, 0.15) is 16.2 Å². The maximum Gasteiger partial charge on any atom is 0.232 e. The molecule has 6 rings (SSSR count). The Morgan fingerprint density at radius 3 is 2.33 bits per heavy atom. The van der Waals surface area contributed by atoms with Crippen LogP contribution in [-0.2, 0) is 10.0 Å². The van der Waals surface area contributed by atoms with Crippen LogP contribution in [-0.4, -0.2) is 104 Å². The number of likely N-dealkylation sites (N-methyl/N-ethyl adjacent to an activating group) is 1. The molecule has 2 aromatic carbocycles. The first-order valence-corrected chi connectivity index (χ1v) is 17.1. The van der Waals surface area contributed by atoms with Crippen LogP contribution in [0, 0.1) is 11.6 Å². The molecule has 2 aliphatic heterocycles. The van der Waals surface area contributed by atoms with Crippen molar-refractivity contribution >= 4 is 67.2 Å². The highest BCUT2D eigenvalue weighted by Gasteiger charge is 2.29. The van der Waals surface area contributed by atoms with Crippen LogP contribution in [0.5, 0.6) is 0 Å². The van der Waals surface area contributed by atoms with E-state index < -0.39 is 21.7 Å². The highest BCUT2D eigenvalue weighted by atomic mass is 35.5. The number of piperidine rings is 1. The number of piperazine rings is 1.